The summed E-state index contributed by atoms with van der Waals surface area (Å²) < 4.78 is 32.0. The van der Waals surface area contributed by atoms with Crippen LogP contribution in [-0.4, -0.2) is 73.0 Å². The third kappa shape index (κ3) is 4.53. The highest BCUT2D eigenvalue weighted by Gasteiger charge is 2.54. The molecular weight excluding hydrogens is 500 g/mol. The van der Waals surface area contributed by atoms with Gasteiger partial charge in [-0.2, -0.15) is 4.31 Å². The molecule has 3 heterocycles. The van der Waals surface area contributed by atoms with Gasteiger partial charge in [-0.3, -0.25) is 10.0 Å². The summed E-state index contributed by atoms with van der Waals surface area (Å²) in [6.45, 7) is 1.71. The lowest BCUT2D eigenvalue weighted by Gasteiger charge is -2.41. The zero-order chi connectivity index (χ0) is 25.2. The molecule has 0 saturated carbocycles. The van der Waals surface area contributed by atoms with Crippen LogP contribution in [0.5, 0.6) is 0 Å². The molecule has 0 spiro atoms. The second-order valence-electron chi connectivity index (χ2n) is 8.89. The molecule has 0 radical (unpaired) electrons. The highest BCUT2D eigenvalue weighted by atomic mass is 32.2. The lowest BCUT2D eigenvalue weighted by Crippen LogP contribution is -2.62. The van der Waals surface area contributed by atoms with E-state index >= 15 is 0 Å². The third-order valence-corrected chi connectivity index (χ3v) is 10.6. The second kappa shape index (κ2) is 10.3. The quantitative estimate of drug-likeness (QED) is 0.374. The number of rotatable bonds is 6. The topological polar surface area (TPSA) is 112 Å². The fourth-order valence-corrected chi connectivity index (χ4v) is 7.86. The molecular formula is C25H28N4O5S2. The van der Waals surface area contributed by atoms with Crippen LogP contribution in [0.3, 0.4) is 0 Å². The predicted octanol–water partition coefficient (Wildman–Crippen LogP) is 2.98. The minimum absolute atomic E-state index is 0.0137. The van der Waals surface area contributed by atoms with E-state index in [1.165, 1.54) is 4.31 Å². The molecule has 1 amide bonds. The van der Waals surface area contributed by atoms with Crippen LogP contribution in [0.4, 0.5) is 5.13 Å². The molecule has 0 aliphatic carbocycles. The fraction of sp³-hybridized carbons (Fsp3) is 0.360. The van der Waals surface area contributed by atoms with Crippen molar-refractivity contribution < 1.29 is 23.2 Å². The fourth-order valence-electron chi connectivity index (χ4n) is 4.80. The Labute approximate surface area is 214 Å². The van der Waals surface area contributed by atoms with Crippen molar-refractivity contribution >= 4 is 32.4 Å². The Bertz CT molecular complexity index is 1310. The molecule has 36 heavy (non-hydrogen) atoms. The number of nitrogens with zero attached hydrogens (tertiary/aromatic N) is 3. The zero-order valence-electron chi connectivity index (χ0n) is 19.7. The Morgan fingerprint density at radius 1 is 0.972 bits per heavy atom. The number of sulfonamides is 1. The van der Waals surface area contributed by atoms with Crippen molar-refractivity contribution in [3.05, 3.63) is 60.8 Å². The number of benzene rings is 2. The number of aromatic nitrogens is 1. The van der Waals surface area contributed by atoms with Gasteiger partial charge in [0.05, 0.1) is 4.88 Å². The van der Waals surface area contributed by atoms with Crippen molar-refractivity contribution in [1.82, 2.24) is 14.8 Å². The van der Waals surface area contributed by atoms with Gasteiger partial charge in [-0.05, 0) is 22.8 Å². The van der Waals surface area contributed by atoms with E-state index in [0.717, 1.165) is 26.7 Å². The summed E-state index contributed by atoms with van der Waals surface area (Å²) in [6, 6.07) is 18.5. The minimum Gasteiger partial charge on any atom is -0.381 e. The summed E-state index contributed by atoms with van der Waals surface area (Å²) in [5.41, 5.74) is 4.94. The van der Waals surface area contributed by atoms with Gasteiger partial charge < -0.3 is 9.64 Å². The molecule has 190 valence electrons. The molecule has 2 N–H and O–H groups in total. The first-order valence-corrected chi connectivity index (χ1v) is 14.1. The highest BCUT2D eigenvalue weighted by molar-refractivity contribution is 7.91. The Hall–Kier alpha value is -2.83. The summed E-state index contributed by atoms with van der Waals surface area (Å²) >= 11 is 1.57. The van der Waals surface area contributed by atoms with Crippen molar-refractivity contribution in [1.29, 1.82) is 0 Å². The number of carbonyl (C=O) groups excluding carboxylic acids is 1. The minimum atomic E-state index is -3.99. The van der Waals surface area contributed by atoms with Gasteiger partial charge in [-0.25, -0.2) is 18.9 Å². The molecule has 11 heteroatoms. The number of amides is 1. The number of thiazole rings is 1. The number of ether oxygens (including phenoxy) is 1. The normalized spacial score (nSPS) is 18.6. The van der Waals surface area contributed by atoms with Crippen LogP contribution >= 0.6 is 11.3 Å². The lowest BCUT2D eigenvalue weighted by molar-refractivity contribution is -0.134. The Kier molecular flexibility index (Phi) is 7.09. The number of carbonyl (C=O) groups is 1. The molecule has 2 fully saturated rings. The number of hydroxylamine groups is 1. The van der Waals surface area contributed by atoms with Crippen molar-refractivity contribution in [3.63, 3.8) is 0 Å². The number of nitrogens with one attached hydrogen (secondary N) is 1. The molecule has 0 unspecified atom stereocenters. The monoisotopic (exact) mass is 528 g/mol. The number of anilines is 1. The molecule has 9 nitrogen and oxygen atoms in total. The van der Waals surface area contributed by atoms with E-state index in [1.54, 1.807) is 16.8 Å². The van der Waals surface area contributed by atoms with Gasteiger partial charge in [0.15, 0.2) is 9.88 Å². The van der Waals surface area contributed by atoms with E-state index in [2.05, 4.69) is 40.2 Å². The van der Waals surface area contributed by atoms with Crippen LogP contribution in [0.25, 0.3) is 21.6 Å². The van der Waals surface area contributed by atoms with Crippen molar-refractivity contribution in [3.8, 4) is 21.6 Å². The van der Waals surface area contributed by atoms with Gasteiger partial charge in [-0.1, -0.05) is 59.9 Å². The smallest absolute Gasteiger partial charge is 0.266 e. The maximum atomic E-state index is 13.5. The standard InChI is InChI=1S/C25H28N4O5S2/c30-23(27-31)25(9-15-34-16-10-25)36(32,33)29-13-11-28(12-14-29)24-26-18-22(35-24)21-8-4-7-20(17-21)19-5-2-1-3-6-19/h1-8,17-18,31H,9-16H2,(H,27,30). The van der Waals surface area contributed by atoms with Gasteiger partial charge in [0.25, 0.3) is 5.91 Å². The second-order valence-corrected chi connectivity index (χ2v) is 12.1. The first-order chi connectivity index (χ1) is 17.4. The van der Waals surface area contributed by atoms with Gasteiger partial charge in [-0.15, -0.1) is 0 Å². The molecule has 1 aromatic heterocycles. The first-order valence-electron chi connectivity index (χ1n) is 11.8. The summed E-state index contributed by atoms with van der Waals surface area (Å²) in [7, 11) is -3.99. The zero-order valence-corrected chi connectivity index (χ0v) is 21.3. The van der Waals surface area contributed by atoms with Gasteiger partial charge in [0.1, 0.15) is 0 Å². The number of piperazine rings is 1. The predicted molar refractivity (Wildman–Crippen MR) is 138 cm³/mol. The van der Waals surface area contributed by atoms with E-state index in [4.69, 9.17) is 4.74 Å². The molecule has 2 aromatic carbocycles. The van der Waals surface area contributed by atoms with Crippen LogP contribution in [0.15, 0.2) is 60.8 Å². The summed E-state index contributed by atoms with van der Waals surface area (Å²) in [5, 5.41) is 10.1. The summed E-state index contributed by atoms with van der Waals surface area (Å²) in [5.74, 6) is -0.893. The summed E-state index contributed by atoms with van der Waals surface area (Å²) in [4.78, 5) is 20.2. The SMILES string of the molecule is O=C(NO)C1(S(=O)(=O)N2CCN(c3ncc(-c4cccc(-c5ccccc5)c4)s3)CC2)CCOCC1. The highest BCUT2D eigenvalue weighted by Crippen LogP contribution is 2.36. The molecule has 2 aliphatic heterocycles. The first kappa shape index (κ1) is 24.8. The average Bonchev–Trinajstić information content (AvgIpc) is 3.44. The van der Waals surface area contributed by atoms with Gasteiger partial charge in [0, 0.05) is 58.4 Å². The van der Waals surface area contributed by atoms with E-state index in [-0.39, 0.29) is 39.1 Å². The van der Waals surface area contributed by atoms with Gasteiger partial charge >= 0.3 is 0 Å². The Morgan fingerprint density at radius 2 is 1.64 bits per heavy atom. The molecule has 0 bridgehead atoms. The van der Waals surface area contributed by atoms with E-state index in [9.17, 15) is 18.4 Å². The van der Waals surface area contributed by atoms with Crippen LogP contribution in [0.2, 0.25) is 0 Å². The Balaban J connectivity index is 1.29. The van der Waals surface area contributed by atoms with Crippen LogP contribution in [-0.2, 0) is 19.6 Å². The van der Waals surface area contributed by atoms with E-state index in [0.29, 0.717) is 13.1 Å². The molecule has 5 rings (SSSR count). The maximum Gasteiger partial charge on any atom is 0.266 e. The molecule has 2 aliphatic rings. The average molecular weight is 529 g/mol. The van der Waals surface area contributed by atoms with E-state index < -0.39 is 20.7 Å². The molecule has 2 saturated heterocycles. The molecule has 3 aromatic rings. The lowest BCUT2D eigenvalue weighted by atomic mass is 9.98. The Morgan fingerprint density at radius 3 is 2.33 bits per heavy atom. The van der Waals surface area contributed by atoms with Crippen LogP contribution in [0, 0.1) is 0 Å². The maximum absolute atomic E-state index is 13.5. The van der Waals surface area contributed by atoms with Crippen LogP contribution < -0.4 is 10.4 Å². The van der Waals surface area contributed by atoms with Crippen LogP contribution in [0.1, 0.15) is 12.8 Å². The largest absolute Gasteiger partial charge is 0.381 e. The molecule has 0 atom stereocenters. The summed E-state index contributed by atoms with van der Waals surface area (Å²) in [6.07, 6.45) is 1.88. The van der Waals surface area contributed by atoms with E-state index in [1.807, 2.05) is 30.5 Å². The van der Waals surface area contributed by atoms with Crippen molar-refractivity contribution in [2.45, 2.75) is 17.6 Å². The third-order valence-electron chi connectivity index (χ3n) is 6.91. The van der Waals surface area contributed by atoms with Crippen molar-refractivity contribution in [2.75, 3.05) is 44.3 Å². The number of hydrogen-bond donors (Lipinski definition) is 2. The van der Waals surface area contributed by atoms with Gasteiger partial charge in [0.2, 0.25) is 10.0 Å². The van der Waals surface area contributed by atoms with Crippen molar-refractivity contribution in [2.24, 2.45) is 0 Å². The number of hydrogen-bond acceptors (Lipinski definition) is 8.